The second-order valence-corrected chi connectivity index (χ2v) is 5.84. The number of aliphatic hydroxyl groups excluding tert-OH is 1. The summed E-state index contributed by atoms with van der Waals surface area (Å²) in [5.74, 6) is -0.163. The SMILES string of the molecule is CC(O)C1CCCCN1C(=O)c1c(Cl)nc2ccccn12. The number of piperidine rings is 1. The van der Waals surface area contributed by atoms with E-state index in [4.69, 9.17) is 11.6 Å². The first-order valence-electron chi connectivity index (χ1n) is 7.21. The minimum atomic E-state index is -0.549. The third-order valence-corrected chi connectivity index (χ3v) is 4.32. The van der Waals surface area contributed by atoms with Crippen LogP contribution in [0.25, 0.3) is 5.65 Å². The molecule has 1 saturated heterocycles. The van der Waals surface area contributed by atoms with Gasteiger partial charge in [0.15, 0.2) is 10.8 Å². The van der Waals surface area contributed by atoms with Crippen LogP contribution < -0.4 is 0 Å². The Hall–Kier alpha value is -1.59. The smallest absolute Gasteiger partial charge is 0.274 e. The standard InChI is InChI=1S/C15H18ClN3O2/c1-10(20)11-6-2-4-8-18(11)15(21)13-14(16)17-12-7-3-5-9-19(12)13/h3,5,7,9-11,20H,2,4,6,8H2,1H3. The number of hydrogen-bond donors (Lipinski definition) is 1. The summed E-state index contributed by atoms with van der Waals surface area (Å²) in [7, 11) is 0. The van der Waals surface area contributed by atoms with Crippen molar-refractivity contribution >= 4 is 23.2 Å². The molecule has 1 amide bonds. The highest BCUT2D eigenvalue weighted by molar-refractivity contribution is 6.32. The molecular formula is C15H18ClN3O2. The van der Waals surface area contributed by atoms with E-state index in [2.05, 4.69) is 4.98 Å². The number of pyridine rings is 1. The summed E-state index contributed by atoms with van der Waals surface area (Å²) in [6.07, 6.45) is 4.02. The Morgan fingerprint density at radius 2 is 2.29 bits per heavy atom. The first-order valence-corrected chi connectivity index (χ1v) is 7.59. The fourth-order valence-corrected chi connectivity index (χ4v) is 3.26. The predicted octanol–water partition coefficient (Wildman–Crippen LogP) is 2.36. The molecule has 2 aromatic rings. The summed E-state index contributed by atoms with van der Waals surface area (Å²) in [5, 5.41) is 10.1. The molecule has 2 unspecified atom stereocenters. The molecule has 1 fully saturated rings. The first-order chi connectivity index (χ1) is 10.1. The Morgan fingerprint density at radius 1 is 1.48 bits per heavy atom. The Labute approximate surface area is 128 Å². The van der Waals surface area contributed by atoms with E-state index in [-0.39, 0.29) is 17.1 Å². The number of carbonyl (C=O) groups excluding carboxylic acids is 1. The lowest BCUT2D eigenvalue weighted by Crippen LogP contribution is -2.49. The maximum atomic E-state index is 12.9. The zero-order valence-corrected chi connectivity index (χ0v) is 12.6. The quantitative estimate of drug-likeness (QED) is 0.926. The fourth-order valence-electron chi connectivity index (χ4n) is 3.01. The van der Waals surface area contributed by atoms with Gasteiger partial charge in [0, 0.05) is 12.7 Å². The number of carbonyl (C=O) groups is 1. The van der Waals surface area contributed by atoms with Gasteiger partial charge in [-0.25, -0.2) is 4.98 Å². The summed E-state index contributed by atoms with van der Waals surface area (Å²) in [6, 6.07) is 5.35. The topological polar surface area (TPSA) is 57.8 Å². The van der Waals surface area contributed by atoms with E-state index >= 15 is 0 Å². The van der Waals surface area contributed by atoms with E-state index in [0.717, 1.165) is 19.3 Å². The van der Waals surface area contributed by atoms with Crippen molar-refractivity contribution in [3.63, 3.8) is 0 Å². The maximum absolute atomic E-state index is 12.9. The molecule has 21 heavy (non-hydrogen) atoms. The number of imidazole rings is 1. The normalized spacial score (nSPS) is 20.7. The minimum absolute atomic E-state index is 0.156. The highest BCUT2D eigenvalue weighted by Gasteiger charge is 2.33. The van der Waals surface area contributed by atoms with Gasteiger partial charge in [-0.3, -0.25) is 9.20 Å². The van der Waals surface area contributed by atoms with Gasteiger partial charge >= 0.3 is 0 Å². The Bertz CT molecular complexity index is 668. The molecule has 1 aliphatic rings. The van der Waals surface area contributed by atoms with Crippen molar-refractivity contribution in [2.45, 2.75) is 38.3 Å². The minimum Gasteiger partial charge on any atom is -0.391 e. The van der Waals surface area contributed by atoms with Crippen molar-refractivity contribution in [2.24, 2.45) is 0 Å². The maximum Gasteiger partial charge on any atom is 0.274 e. The van der Waals surface area contributed by atoms with Crippen molar-refractivity contribution in [3.05, 3.63) is 35.2 Å². The van der Waals surface area contributed by atoms with Crippen LogP contribution in [0, 0.1) is 0 Å². The second kappa shape index (κ2) is 5.66. The van der Waals surface area contributed by atoms with Gasteiger partial charge in [0.25, 0.3) is 5.91 Å². The number of hydrogen-bond acceptors (Lipinski definition) is 3. The molecule has 1 N–H and O–H groups in total. The fraction of sp³-hybridized carbons (Fsp3) is 0.467. The number of aromatic nitrogens is 2. The summed E-state index contributed by atoms with van der Waals surface area (Å²) >= 11 is 6.17. The molecule has 5 nitrogen and oxygen atoms in total. The molecule has 6 heteroatoms. The van der Waals surface area contributed by atoms with Crippen molar-refractivity contribution in [3.8, 4) is 0 Å². The number of likely N-dealkylation sites (tertiary alicyclic amines) is 1. The lowest BCUT2D eigenvalue weighted by molar-refractivity contribution is 0.0276. The molecule has 0 spiro atoms. The van der Waals surface area contributed by atoms with Gasteiger partial charge in [0.05, 0.1) is 12.1 Å². The molecule has 0 bridgehead atoms. The lowest BCUT2D eigenvalue weighted by atomic mass is 9.98. The summed E-state index contributed by atoms with van der Waals surface area (Å²) < 4.78 is 1.71. The van der Waals surface area contributed by atoms with E-state index in [9.17, 15) is 9.90 Å². The van der Waals surface area contributed by atoms with E-state index < -0.39 is 6.10 Å². The lowest BCUT2D eigenvalue weighted by Gasteiger charge is -2.37. The van der Waals surface area contributed by atoms with Crippen LogP contribution in [0.2, 0.25) is 5.15 Å². The van der Waals surface area contributed by atoms with E-state index in [0.29, 0.717) is 17.9 Å². The third-order valence-electron chi connectivity index (χ3n) is 4.06. The average molecular weight is 308 g/mol. The van der Waals surface area contributed by atoms with E-state index in [1.807, 2.05) is 18.2 Å². The van der Waals surface area contributed by atoms with Crippen LogP contribution in [0.4, 0.5) is 0 Å². The highest BCUT2D eigenvalue weighted by Crippen LogP contribution is 2.25. The molecule has 0 aliphatic carbocycles. The van der Waals surface area contributed by atoms with Gasteiger partial charge in [-0.05, 0) is 38.3 Å². The number of nitrogens with zero attached hydrogens (tertiary/aromatic N) is 3. The van der Waals surface area contributed by atoms with E-state index in [1.54, 1.807) is 22.4 Å². The second-order valence-electron chi connectivity index (χ2n) is 5.48. The van der Waals surface area contributed by atoms with Crippen molar-refractivity contribution in [1.29, 1.82) is 0 Å². The summed E-state index contributed by atoms with van der Waals surface area (Å²) in [6.45, 7) is 2.37. The molecule has 2 aromatic heterocycles. The van der Waals surface area contributed by atoms with Crippen molar-refractivity contribution in [1.82, 2.24) is 14.3 Å². The van der Waals surface area contributed by atoms with Crippen molar-refractivity contribution in [2.75, 3.05) is 6.54 Å². The molecule has 3 heterocycles. The molecule has 0 saturated carbocycles. The monoisotopic (exact) mass is 307 g/mol. The van der Waals surface area contributed by atoms with Crippen LogP contribution in [-0.2, 0) is 0 Å². The Kier molecular flexibility index (Phi) is 3.87. The van der Waals surface area contributed by atoms with Crippen LogP contribution in [0.5, 0.6) is 0 Å². The predicted molar refractivity (Wildman–Crippen MR) is 80.6 cm³/mol. The van der Waals surface area contributed by atoms with Gasteiger partial charge in [-0.2, -0.15) is 0 Å². The summed E-state index contributed by atoms with van der Waals surface area (Å²) in [5.41, 5.74) is 1.02. The number of aliphatic hydroxyl groups is 1. The van der Waals surface area contributed by atoms with Gasteiger partial charge in [0.2, 0.25) is 0 Å². The number of rotatable bonds is 2. The first kappa shape index (κ1) is 14.4. The van der Waals surface area contributed by atoms with Gasteiger partial charge in [-0.1, -0.05) is 17.7 Å². The number of amides is 1. The van der Waals surface area contributed by atoms with Crippen LogP contribution in [0.3, 0.4) is 0 Å². The molecule has 0 radical (unpaired) electrons. The number of fused-ring (bicyclic) bond motifs is 1. The van der Waals surface area contributed by atoms with Crippen LogP contribution >= 0.6 is 11.6 Å². The average Bonchev–Trinajstić information content (AvgIpc) is 2.82. The molecule has 3 rings (SSSR count). The highest BCUT2D eigenvalue weighted by atomic mass is 35.5. The molecule has 112 valence electrons. The summed E-state index contributed by atoms with van der Waals surface area (Å²) in [4.78, 5) is 18.8. The zero-order valence-electron chi connectivity index (χ0n) is 11.9. The largest absolute Gasteiger partial charge is 0.391 e. The van der Waals surface area contributed by atoms with Crippen LogP contribution in [0.15, 0.2) is 24.4 Å². The van der Waals surface area contributed by atoms with Gasteiger partial charge in [0.1, 0.15) is 5.65 Å². The van der Waals surface area contributed by atoms with Crippen LogP contribution in [-0.4, -0.2) is 44.0 Å². The van der Waals surface area contributed by atoms with E-state index in [1.165, 1.54) is 0 Å². The molecule has 1 aliphatic heterocycles. The zero-order chi connectivity index (χ0) is 15.0. The Balaban J connectivity index is 2.01. The molecule has 2 atom stereocenters. The number of halogens is 1. The van der Waals surface area contributed by atoms with Crippen molar-refractivity contribution < 1.29 is 9.90 Å². The third kappa shape index (κ3) is 2.51. The van der Waals surface area contributed by atoms with Gasteiger partial charge < -0.3 is 10.0 Å². The Morgan fingerprint density at radius 3 is 3.05 bits per heavy atom. The molecule has 0 aromatic carbocycles. The van der Waals surface area contributed by atoms with Gasteiger partial charge in [-0.15, -0.1) is 0 Å². The molecular weight excluding hydrogens is 290 g/mol. The van der Waals surface area contributed by atoms with Crippen LogP contribution in [0.1, 0.15) is 36.7 Å².